The van der Waals surface area contributed by atoms with E-state index >= 15 is 0 Å². The number of aryl methyl sites for hydroxylation is 1. The summed E-state index contributed by atoms with van der Waals surface area (Å²) in [5.41, 5.74) is 2.35. The third kappa shape index (κ3) is 3.31. The second-order valence-electron chi connectivity index (χ2n) is 4.14. The second-order valence-corrected chi connectivity index (χ2v) is 5.39. The summed E-state index contributed by atoms with van der Waals surface area (Å²) >= 11 is 7.66. The van der Waals surface area contributed by atoms with Crippen LogP contribution in [0.15, 0.2) is 47.4 Å². The van der Waals surface area contributed by atoms with E-state index in [0.29, 0.717) is 16.3 Å². The van der Waals surface area contributed by atoms with Crippen LogP contribution in [0.25, 0.3) is 0 Å². The number of nitrogens with one attached hydrogen (secondary N) is 1. The summed E-state index contributed by atoms with van der Waals surface area (Å²) in [5.74, 6) is -0.143. The van der Waals surface area contributed by atoms with Crippen molar-refractivity contribution in [2.24, 2.45) is 0 Å². The van der Waals surface area contributed by atoms with E-state index in [4.69, 9.17) is 11.6 Å². The summed E-state index contributed by atoms with van der Waals surface area (Å²) in [6.07, 6.45) is 1.95. The lowest BCUT2D eigenvalue weighted by Gasteiger charge is -2.10. The number of benzene rings is 2. The third-order valence-electron chi connectivity index (χ3n) is 2.72. The van der Waals surface area contributed by atoms with Crippen molar-refractivity contribution in [2.45, 2.75) is 11.8 Å². The number of halogens is 1. The van der Waals surface area contributed by atoms with E-state index in [1.165, 1.54) is 0 Å². The van der Waals surface area contributed by atoms with Crippen LogP contribution in [0.2, 0.25) is 5.02 Å². The number of amides is 1. The van der Waals surface area contributed by atoms with Crippen molar-refractivity contribution < 1.29 is 4.79 Å². The molecule has 0 unspecified atom stereocenters. The second kappa shape index (κ2) is 6.13. The van der Waals surface area contributed by atoms with E-state index in [0.717, 1.165) is 10.5 Å². The molecular weight excluding hydrogens is 278 g/mol. The number of rotatable bonds is 3. The largest absolute Gasteiger partial charge is 0.321 e. The Hall–Kier alpha value is -1.45. The average Bonchev–Trinajstić information content (AvgIpc) is 2.41. The van der Waals surface area contributed by atoms with Crippen LogP contribution in [0.1, 0.15) is 15.9 Å². The van der Waals surface area contributed by atoms with E-state index in [2.05, 4.69) is 5.32 Å². The van der Waals surface area contributed by atoms with Gasteiger partial charge in [-0.3, -0.25) is 4.79 Å². The Morgan fingerprint density at radius 3 is 2.63 bits per heavy atom. The molecule has 0 fully saturated rings. The lowest BCUT2D eigenvalue weighted by molar-refractivity contribution is 0.102. The highest BCUT2D eigenvalue weighted by molar-refractivity contribution is 7.98. The molecular formula is C15H14ClNOS. The normalized spacial score (nSPS) is 10.3. The van der Waals surface area contributed by atoms with Gasteiger partial charge in [0.05, 0.1) is 16.3 Å². The van der Waals surface area contributed by atoms with Crippen LogP contribution in [0, 0.1) is 6.92 Å². The van der Waals surface area contributed by atoms with Gasteiger partial charge in [-0.25, -0.2) is 0 Å². The molecule has 0 heterocycles. The van der Waals surface area contributed by atoms with Gasteiger partial charge in [-0.1, -0.05) is 29.8 Å². The molecule has 1 amide bonds. The van der Waals surface area contributed by atoms with Crippen LogP contribution in [0.3, 0.4) is 0 Å². The molecule has 2 rings (SSSR count). The fourth-order valence-corrected chi connectivity index (χ4v) is 2.62. The molecule has 0 aliphatic heterocycles. The van der Waals surface area contributed by atoms with Gasteiger partial charge in [0.15, 0.2) is 0 Å². The Morgan fingerprint density at radius 2 is 1.95 bits per heavy atom. The molecule has 1 N–H and O–H groups in total. The number of hydrogen-bond acceptors (Lipinski definition) is 2. The minimum absolute atomic E-state index is 0.143. The fraction of sp³-hybridized carbons (Fsp3) is 0.133. The van der Waals surface area contributed by atoms with Crippen molar-refractivity contribution in [3.63, 3.8) is 0 Å². The van der Waals surface area contributed by atoms with Gasteiger partial charge < -0.3 is 5.32 Å². The summed E-state index contributed by atoms with van der Waals surface area (Å²) in [6.45, 7) is 1.96. The van der Waals surface area contributed by atoms with Gasteiger partial charge in [0, 0.05) is 4.90 Å². The lowest BCUT2D eigenvalue weighted by Crippen LogP contribution is -2.13. The zero-order valence-corrected chi connectivity index (χ0v) is 12.3. The predicted molar refractivity (Wildman–Crippen MR) is 82.4 cm³/mol. The molecule has 0 spiro atoms. The van der Waals surface area contributed by atoms with Crippen LogP contribution in [-0.2, 0) is 0 Å². The molecule has 0 aliphatic rings. The van der Waals surface area contributed by atoms with Crippen molar-refractivity contribution in [2.75, 3.05) is 11.6 Å². The Morgan fingerprint density at radius 1 is 1.21 bits per heavy atom. The molecule has 2 aromatic carbocycles. The van der Waals surface area contributed by atoms with Gasteiger partial charge in [-0.05, 0) is 43.0 Å². The summed E-state index contributed by atoms with van der Waals surface area (Å²) in [4.78, 5) is 13.2. The van der Waals surface area contributed by atoms with Gasteiger partial charge in [0.25, 0.3) is 5.91 Å². The highest BCUT2D eigenvalue weighted by atomic mass is 35.5. The molecule has 0 bridgehead atoms. The van der Waals surface area contributed by atoms with Gasteiger partial charge in [-0.2, -0.15) is 0 Å². The first-order valence-corrected chi connectivity index (χ1v) is 7.42. The van der Waals surface area contributed by atoms with Crippen molar-refractivity contribution >= 4 is 35.0 Å². The van der Waals surface area contributed by atoms with Crippen LogP contribution < -0.4 is 5.32 Å². The average molecular weight is 292 g/mol. The fourth-order valence-electron chi connectivity index (χ4n) is 1.74. The molecule has 2 aromatic rings. The molecule has 98 valence electrons. The van der Waals surface area contributed by atoms with Gasteiger partial charge in [0.2, 0.25) is 0 Å². The quantitative estimate of drug-likeness (QED) is 0.836. The Labute approximate surface area is 122 Å². The minimum atomic E-state index is -0.143. The maximum Gasteiger partial charge on any atom is 0.256 e. The van der Waals surface area contributed by atoms with Crippen LogP contribution in [0.5, 0.6) is 0 Å². The van der Waals surface area contributed by atoms with E-state index in [1.54, 1.807) is 11.8 Å². The third-order valence-corrected chi connectivity index (χ3v) is 3.83. The first-order valence-electron chi connectivity index (χ1n) is 5.82. The van der Waals surface area contributed by atoms with Gasteiger partial charge in [0.1, 0.15) is 0 Å². The smallest absolute Gasteiger partial charge is 0.256 e. The summed E-state index contributed by atoms with van der Waals surface area (Å²) in [6, 6.07) is 13.1. The molecule has 0 atom stereocenters. The summed E-state index contributed by atoms with van der Waals surface area (Å²) in [7, 11) is 0. The zero-order chi connectivity index (χ0) is 13.8. The molecule has 0 aliphatic carbocycles. The van der Waals surface area contributed by atoms with Crippen LogP contribution in [0.4, 0.5) is 5.69 Å². The van der Waals surface area contributed by atoms with Crippen molar-refractivity contribution in [3.05, 3.63) is 58.6 Å². The van der Waals surface area contributed by atoms with E-state index < -0.39 is 0 Å². The Kier molecular flexibility index (Phi) is 4.51. The van der Waals surface area contributed by atoms with E-state index in [1.807, 2.05) is 55.6 Å². The maximum absolute atomic E-state index is 12.2. The topological polar surface area (TPSA) is 29.1 Å². The lowest BCUT2D eigenvalue weighted by atomic mass is 10.2. The maximum atomic E-state index is 12.2. The van der Waals surface area contributed by atoms with Crippen LogP contribution in [-0.4, -0.2) is 12.2 Å². The highest BCUT2D eigenvalue weighted by Crippen LogP contribution is 2.25. The summed E-state index contributed by atoms with van der Waals surface area (Å²) < 4.78 is 0. The molecule has 19 heavy (non-hydrogen) atoms. The SMILES string of the molecule is CSc1ccccc1C(=O)Nc1ccc(C)cc1Cl. The monoisotopic (exact) mass is 291 g/mol. The Balaban J connectivity index is 2.26. The van der Waals surface area contributed by atoms with Crippen molar-refractivity contribution in [1.82, 2.24) is 0 Å². The van der Waals surface area contributed by atoms with E-state index in [-0.39, 0.29) is 5.91 Å². The molecule has 2 nitrogen and oxygen atoms in total. The highest BCUT2D eigenvalue weighted by Gasteiger charge is 2.11. The minimum Gasteiger partial charge on any atom is -0.321 e. The number of thioether (sulfide) groups is 1. The standard InChI is InChI=1S/C15H14ClNOS/c1-10-7-8-13(12(16)9-10)17-15(18)11-5-3-4-6-14(11)19-2/h3-9H,1-2H3,(H,17,18). The molecule has 0 saturated carbocycles. The summed E-state index contributed by atoms with van der Waals surface area (Å²) in [5, 5.41) is 3.40. The number of carbonyl (C=O) groups excluding carboxylic acids is 1. The van der Waals surface area contributed by atoms with Gasteiger partial charge in [-0.15, -0.1) is 11.8 Å². The molecule has 4 heteroatoms. The first-order chi connectivity index (χ1) is 9.11. The van der Waals surface area contributed by atoms with Gasteiger partial charge >= 0.3 is 0 Å². The van der Waals surface area contributed by atoms with Crippen LogP contribution >= 0.6 is 23.4 Å². The molecule has 0 aromatic heterocycles. The number of anilines is 1. The zero-order valence-electron chi connectivity index (χ0n) is 10.7. The van der Waals surface area contributed by atoms with E-state index in [9.17, 15) is 4.79 Å². The Bertz CT molecular complexity index is 613. The molecule has 0 radical (unpaired) electrons. The van der Waals surface area contributed by atoms with Crippen molar-refractivity contribution in [1.29, 1.82) is 0 Å². The first kappa shape index (κ1) is 14.0. The predicted octanol–water partition coefficient (Wildman–Crippen LogP) is 4.62. The molecule has 0 saturated heterocycles. The number of hydrogen-bond donors (Lipinski definition) is 1. The number of carbonyl (C=O) groups is 1. The van der Waals surface area contributed by atoms with Crippen molar-refractivity contribution in [3.8, 4) is 0 Å².